The van der Waals surface area contributed by atoms with E-state index in [1.807, 2.05) is 25.2 Å². The minimum absolute atomic E-state index is 0.153. The van der Waals surface area contributed by atoms with E-state index in [9.17, 15) is 4.79 Å². The van der Waals surface area contributed by atoms with Gasteiger partial charge in [0.1, 0.15) is 5.82 Å². The number of aromatic nitrogens is 2. The van der Waals surface area contributed by atoms with Crippen LogP contribution in [0.25, 0.3) is 10.9 Å². The summed E-state index contributed by atoms with van der Waals surface area (Å²) in [6.45, 7) is 1.33. The predicted molar refractivity (Wildman–Crippen MR) is 107 cm³/mol. The maximum Gasteiger partial charge on any atom is 0.258 e. The average molecular weight is 388 g/mol. The van der Waals surface area contributed by atoms with Crippen molar-refractivity contribution in [3.05, 3.63) is 63.2 Å². The maximum absolute atomic E-state index is 12.2. The monoisotopic (exact) mass is 387 g/mol. The minimum Gasteiger partial charge on any atom is -0.493 e. The number of nitrogens with zero attached hydrogens (tertiary/aromatic N) is 2. The molecule has 0 unspecified atom stereocenters. The Morgan fingerprint density at radius 1 is 1.11 bits per heavy atom. The molecule has 0 radical (unpaired) electrons. The molecule has 0 aliphatic heterocycles. The van der Waals surface area contributed by atoms with Gasteiger partial charge >= 0.3 is 0 Å². The van der Waals surface area contributed by atoms with Crippen molar-refractivity contribution in [1.82, 2.24) is 14.9 Å². The van der Waals surface area contributed by atoms with Gasteiger partial charge in [-0.05, 0) is 49.4 Å². The highest BCUT2D eigenvalue weighted by Crippen LogP contribution is 2.27. The number of hydrogen-bond donors (Lipinski definition) is 1. The second-order valence-electron chi connectivity index (χ2n) is 6.35. The summed E-state index contributed by atoms with van der Waals surface area (Å²) in [6, 6.07) is 11.0. The van der Waals surface area contributed by atoms with Crippen LogP contribution < -0.4 is 15.0 Å². The molecule has 142 valence electrons. The van der Waals surface area contributed by atoms with E-state index in [1.165, 1.54) is 0 Å². The molecule has 0 atom stereocenters. The molecular weight excluding hydrogens is 366 g/mol. The topological polar surface area (TPSA) is 67.5 Å². The summed E-state index contributed by atoms with van der Waals surface area (Å²) in [7, 11) is 5.24. The number of methoxy groups -OCH3 is 2. The summed E-state index contributed by atoms with van der Waals surface area (Å²) in [4.78, 5) is 21.7. The Balaban J connectivity index is 1.68. The van der Waals surface area contributed by atoms with Gasteiger partial charge in [0.25, 0.3) is 5.56 Å². The second kappa shape index (κ2) is 8.41. The van der Waals surface area contributed by atoms with E-state index in [0.717, 1.165) is 24.3 Å². The molecule has 3 rings (SSSR count). The number of fused-ring (bicyclic) bond motifs is 1. The van der Waals surface area contributed by atoms with Crippen LogP contribution in [0.15, 0.2) is 41.2 Å². The number of aromatic amines is 1. The van der Waals surface area contributed by atoms with Crippen LogP contribution in [-0.2, 0) is 13.0 Å². The fraction of sp³-hybridized carbons (Fsp3) is 0.300. The Kier molecular flexibility index (Phi) is 5.98. The number of rotatable bonds is 7. The molecule has 1 heterocycles. The van der Waals surface area contributed by atoms with Gasteiger partial charge in [0.05, 0.1) is 31.7 Å². The van der Waals surface area contributed by atoms with Gasteiger partial charge in [-0.2, -0.15) is 0 Å². The van der Waals surface area contributed by atoms with Gasteiger partial charge in [0, 0.05) is 11.6 Å². The first-order valence-electron chi connectivity index (χ1n) is 8.58. The van der Waals surface area contributed by atoms with Gasteiger partial charge in [-0.25, -0.2) is 4.98 Å². The van der Waals surface area contributed by atoms with Crippen molar-refractivity contribution in [3.8, 4) is 11.5 Å². The van der Waals surface area contributed by atoms with Crippen molar-refractivity contribution < 1.29 is 9.47 Å². The first kappa shape index (κ1) is 19.2. The summed E-state index contributed by atoms with van der Waals surface area (Å²) in [5.41, 5.74) is 1.60. The number of nitrogens with one attached hydrogen (secondary N) is 1. The SMILES string of the molecule is COc1ccc(CCN(C)Cc2nc3cc(Cl)ccc3c(=O)[nH]2)cc1OC. The maximum atomic E-state index is 12.2. The van der Waals surface area contributed by atoms with Gasteiger partial charge in [-0.1, -0.05) is 17.7 Å². The Labute approximate surface area is 162 Å². The third kappa shape index (κ3) is 4.59. The van der Waals surface area contributed by atoms with Crippen molar-refractivity contribution in [2.45, 2.75) is 13.0 Å². The van der Waals surface area contributed by atoms with Crippen LogP contribution in [-0.4, -0.2) is 42.7 Å². The third-order valence-corrected chi connectivity index (χ3v) is 4.60. The molecule has 0 spiro atoms. The Morgan fingerprint density at radius 3 is 2.63 bits per heavy atom. The van der Waals surface area contributed by atoms with Crippen LogP contribution >= 0.6 is 11.6 Å². The highest BCUT2D eigenvalue weighted by molar-refractivity contribution is 6.31. The molecule has 27 heavy (non-hydrogen) atoms. The van der Waals surface area contributed by atoms with Crippen LogP contribution in [0.3, 0.4) is 0 Å². The minimum atomic E-state index is -0.153. The molecule has 0 saturated heterocycles. The fourth-order valence-corrected chi connectivity index (χ4v) is 3.09. The van der Waals surface area contributed by atoms with Crippen LogP contribution in [0.2, 0.25) is 5.02 Å². The molecule has 6 nitrogen and oxygen atoms in total. The average Bonchev–Trinajstić information content (AvgIpc) is 2.65. The van der Waals surface area contributed by atoms with E-state index in [2.05, 4.69) is 14.9 Å². The molecule has 0 amide bonds. The first-order valence-corrected chi connectivity index (χ1v) is 8.96. The van der Waals surface area contributed by atoms with E-state index in [4.69, 9.17) is 21.1 Å². The lowest BCUT2D eigenvalue weighted by molar-refractivity contribution is 0.322. The van der Waals surface area contributed by atoms with E-state index in [0.29, 0.717) is 34.0 Å². The molecule has 0 saturated carbocycles. The normalized spacial score (nSPS) is 11.1. The van der Waals surface area contributed by atoms with Crippen molar-refractivity contribution in [1.29, 1.82) is 0 Å². The van der Waals surface area contributed by atoms with Crippen LogP contribution in [0.5, 0.6) is 11.5 Å². The zero-order chi connectivity index (χ0) is 19.4. The zero-order valence-corrected chi connectivity index (χ0v) is 16.3. The smallest absolute Gasteiger partial charge is 0.258 e. The summed E-state index contributed by atoms with van der Waals surface area (Å²) in [6.07, 6.45) is 0.834. The van der Waals surface area contributed by atoms with Crippen molar-refractivity contribution >= 4 is 22.5 Å². The number of likely N-dealkylation sites (N-methyl/N-ethyl adjacent to an activating group) is 1. The van der Waals surface area contributed by atoms with Crippen LogP contribution in [0, 0.1) is 0 Å². The van der Waals surface area contributed by atoms with E-state index in [1.54, 1.807) is 32.4 Å². The molecule has 1 aromatic heterocycles. The van der Waals surface area contributed by atoms with Crippen molar-refractivity contribution in [3.63, 3.8) is 0 Å². The molecule has 2 aromatic carbocycles. The molecule has 7 heteroatoms. The molecule has 0 aliphatic rings. The molecule has 1 N–H and O–H groups in total. The van der Waals surface area contributed by atoms with Crippen molar-refractivity contribution in [2.75, 3.05) is 27.8 Å². The highest BCUT2D eigenvalue weighted by Gasteiger charge is 2.09. The predicted octanol–water partition coefficient (Wildman–Crippen LogP) is 3.27. The van der Waals surface area contributed by atoms with Gasteiger partial charge in [0.15, 0.2) is 11.5 Å². The first-order chi connectivity index (χ1) is 13.0. The largest absolute Gasteiger partial charge is 0.493 e. The van der Waals surface area contributed by atoms with Crippen LogP contribution in [0.4, 0.5) is 0 Å². The number of H-pyrrole nitrogens is 1. The highest BCUT2D eigenvalue weighted by atomic mass is 35.5. The molecule has 0 aliphatic carbocycles. The second-order valence-corrected chi connectivity index (χ2v) is 6.79. The lowest BCUT2D eigenvalue weighted by atomic mass is 10.1. The van der Waals surface area contributed by atoms with Gasteiger partial charge in [0.2, 0.25) is 0 Å². The van der Waals surface area contributed by atoms with Gasteiger partial charge in [-0.3, -0.25) is 9.69 Å². The Morgan fingerprint density at radius 2 is 1.89 bits per heavy atom. The van der Waals surface area contributed by atoms with Crippen LogP contribution in [0.1, 0.15) is 11.4 Å². The van der Waals surface area contributed by atoms with E-state index in [-0.39, 0.29) is 5.56 Å². The summed E-state index contributed by atoms with van der Waals surface area (Å²) in [5.74, 6) is 2.05. The summed E-state index contributed by atoms with van der Waals surface area (Å²) in [5, 5.41) is 1.10. The molecule has 0 bridgehead atoms. The Hall–Kier alpha value is -2.57. The number of hydrogen-bond acceptors (Lipinski definition) is 5. The third-order valence-electron chi connectivity index (χ3n) is 4.37. The van der Waals surface area contributed by atoms with E-state index >= 15 is 0 Å². The number of benzene rings is 2. The number of halogens is 1. The standard InChI is InChI=1S/C20H22ClN3O3/c1-24(9-8-13-4-7-17(26-2)18(10-13)27-3)12-19-22-16-11-14(21)5-6-15(16)20(25)23-19/h4-7,10-11H,8-9,12H2,1-3H3,(H,22,23,25). The summed E-state index contributed by atoms with van der Waals surface area (Å²) >= 11 is 6.01. The lowest BCUT2D eigenvalue weighted by Gasteiger charge is -2.17. The quantitative estimate of drug-likeness (QED) is 0.674. The molecule has 3 aromatic rings. The molecular formula is C20H22ClN3O3. The van der Waals surface area contributed by atoms with Gasteiger partial charge in [-0.15, -0.1) is 0 Å². The van der Waals surface area contributed by atoms with Gasteiger partial charge < -0.3 is 14.5 Å². The van der Waals surface area contributed by atoms with Crippen molar-refractivity contribution in [2.24, 2.45) is 0 Å². The number of ether oxygens (including phenoxy) is 2. The molecule has 0 fully saturated rings. The Bertz CT molecular complexity index is 1000. The van der Waals surface area contributed by atoms with E-state index < -0.39 is 0 Å². The summed E-state index contributed by atoms with van der Waals surface area (Å²) < 4.78 is 10.6. The lowest BCUT2D eigenvalue weighted by Crippen LogP contribution is -2.24. The zero-order valence-electron chi connectivity index (χ0n) is 15.6. The fourth-order valence-electron chi connectivity index (χ4n) is 2.93.